The number of Topliss-reactive ketones (excluding diaryl/α,β-unsaturated/α-hetero) is 1. The molecule has 0 saturated carbocycles. The van der Waals surface area contributed by atoms with Crippen LogP contribution >= 0.6 is 11.9 Å². The van der Waals surface area contributed by atoms with Crippen molar-refractivity contribution >= 4 is 29.5 Å². The maximum absolute atomic E-state index is 13.5. The molecule has 6 heteroatoms. The molecule has 3 rings (SSSR count). The number of hydrogen-bond donors (Lipinski definition) is 0. The fraction of sp³-hybridized carbons (Fsp3) is 0.500. The average molecular weight is 428 g/mol. The van der Waals surface area contributed by atoms with Gasteiger partial charge in [-0.3, -0.25) is 9.10 Å². The van der Waals surface area contributed by atoms with Gasteiger partial charge in [0.25, 0.3) is 0 Å². The van der Waals surface area contributed by atoms with Gasteiger partial charge in [0.1, 0.15) is 5.76 Å². The Morgan fingerprint density at radius 3 is 2.33 bits per heavy atom. The van der Waals surface area contributed by atoms with Gasteiger partial charge in [0.15, 0.2) is 5.78 Å². The van der Waals surface area contributed by atoms with Gasteiger partial charge in [0.2, 0.25) is 0 Å². The van der Waals surface area contributed by atoms with Gasteiger partial charge in [0.05, 0.1) is 12.7 Å². The van der Waals surface area contributed by atoms with E-state index in [9.17, 15) is 9.59 Å². The summed E-state index contributed by atoms with van der Waals surface area (Å²) in [6.07, 6.45) is 4.16. The molecule has 0 aromatic heterocycles. The highest BCUT2D eigenvalue weighted by atomic mass is 32.2. The van der Waals surface area contributed by atoms with Crippen LogP contribution in [0.4, 0.5) is 4.79 Å². The van der Waals surface area contributed by atoms with E-state index in [-0.39, 0.29) is 11.2 Å². The molecule has 1 heterocycles. The Kier molecular flexibility index (Phi) is 6.95. The first-order valence-corrected chi connectivity index (χ1v) is 11.4. The Balaban J connectivity index is 2.07. The lowest BCUT2D eigenvalue weighted by atomic mass is 9.66. The van der Waals surface area contributed by atoms with Gasteiger partial charge in [-0.05, 0) is 74.1 Å². The molecule has 1 fully saturated rings. The first-order valence-electron chi connectivity index (χ1n) is 10.2. The number of methoxy groups -OCH3 is 1. The first kappa shape index (κ1) is 22.5. The molecule has 0 unspecified atom stereocenters. The molecule has 1 aromatic rings. The maximum atomic E-state index is 13.5. The highest BCUT2D eigenvalue weighted by Gasteiger charge is 2.44. The second-order valence-electron chi connectivity index (χ2n) is 8.10. The molecule has 0 radical (unpaired) electrons. The Morgan fingerprint density at radius 1 is 1.17 bits per heavy atom. The minimum absolute atomic E-state index is 0.0401. The summed E-state index contributed by atoms with van der Waals surface area (Å²) in [5, 5.41) is 0. The van der Waals surface area contributed by atoms with Crippen molar-refractivity contribution in [3.05, 3.63) is 40.1 Å². The summed E-state index contributed by atoms with van der Waals surface area (Å²) < 4.78 is 12.7. The molecule has 1 aliphatic carbocycles. The number of ketones is 1. The van der Waals surface area contributed by atoms with Gasteiger partial charge in [0, 0.05) is 31.5 Å². The van der Waals surface area contributed by atoms with E-state index in [0.29, 0.717) is 24.2 Å². The third-order valence-corrected chi connectivity index (χ3v) is 6.98. The first-order chi connectivity index (χ1) is 14.3. The van der Waals surface area contributed by atoms with Crippen LogP contribution in [0.1, 0.15) is 54.9 Å². The molecular weight excluding hydrogens is 398 g/mol. The van der Waals surface area contributed by atoms with Gasteiger partial charge in [-0.2, -0.15) is 0 Å². The van der Waals surface area contributed by atoms with Gasteiger partial charge in [-0.25, -0.2) is 4.79 Å². The molecule has 2 aliphatic rings. The van der Waals surface area contributed by atoms with Crippen molar-refractivity contribution in [2.75, 3.05) is 26.5 Å². The zero-order valence-electron chi connectivity index (χ0n) is 18.4. The molecule has 160 valence electrons. The number of carbonyl (C=O) groups excluding carboxylic acids is 2. The number of ether oxygens (including phenoxy) is 2. The fourth-order valence-electron chi connectivity index (χ4n) is 4.66. The summed E-state index contributed by atoms with van der Waals surface area (Å²) in [6.45, 7) is 7.60. The summed E-state index contributed by atoms with van der Waals surface area (Å²) in [5.74, 6) is 6.47. The topological polar surface area (TPSA) is 55.8 Å². The van der Waals surface area contributed by atoms with Crippen LogP contribution in [0.15, 0.2) is 17.9 Å². The number of carbonyl (C=O) groups is 2. The Bertz CT molecular complexity index is 923. The van der Waals surface area contributed by atoms with E-state index < -0.39 is 6.16 Å². The molecule has 5 nitrogen and oxygen atoms in total. The Morgan fingerprint density at radius 2 is 1.80 bits per heavy atom. The number of piperidine rings is 1. The van der Waals surface area contributed by atoms with Crippen LogP contribution < -0.4 is 0 Å². The van der Waals surface area contributed by atoms with Crippen molar-refractivity contribution in [3.63, 3.8) is 0 Å². The Hall–Kier alpha value is -2.23. The van der Waals surface area contributed by atoms with Crippen molar-refractivity contribution in [1.82, 2.24) is 4.31 Å². The van der Waals surface area contributed by atoms with Crippen molar-refractivity contribution in [1.29, 1.82) is 0 Å². The van der Waals surface area contributed by atoms with E-state index in [0.717, 1.165) is 48.2 Å². The Labute approximate surface area is 183 Å². The summed E-state index contributed by atoms with van der Waals surface area (Å²) in [6, 6.07) is 3.96. The van der Waals surface area contributed by atoms with Gasteiger partial charge < -0.3 is 9.47 Å². The molecule has 0 amide bonds. The normalized spacial score (nSPS) is 18.8. The molecule has 1 aliphatic heterocycles. The standard InChI is InChI=1S/C24H29NO4S/c1-6-7-18-12-16(2)21(17(3)13-18)22-19(26)14-24(8-10-25(30-5)11-9-24)15-20(22)29-23(27)28-4/h12-13H,8-11,14-15H2,1-5H3. The zero-order chi connectivity index (χ0) is 21.9. The summed E-state index contributed by atoms with van der Waals surface area (Å²) in [4.78, 5) is 25.5. The van der Waals surface area contributed by atoms with E-state index in [1.54, 1.807) is 18.9 Å². The molecule has 0 atom stereocenters. The van der Waals surface area contributed by atoms with Crippen LogP contribution in [-0.4, -0.2) is 42.7 Å². The molecule has 0 N–H and O–H groups in total. The average Bonchev–Trinajstić information content (AvgIpc) is 2.70. The van der Waals surface area contributed by atoms with Crippen molar-refractivity contribution in [2.24, 2.45) is 5.41 Å². The second kappa shape index (κ2) is 9.28. The monoisotopic (exact) mass is 427 g/mol. The number of rotatable bonds is 3. The largest absolute Gasteiger partial charge is 0.513 e. The molecule has 30 heavy (non-hydrogen) atoms. The molecule has 1 saturated heterocycles. The molecular formula is C24H29NO4S. The third-order valence-electron chi connectivity index (χ3n) is 6.10. The lowest BCUT2D eigenvalue weighted by Crippen LogP contribution is -2.41. The number of benzene rings is 1. The number of aryl methyl sites for hydroxylation is 2. The number of nitrogens with zero attached hydrogens (tertiary/aromatic N) is 1. The lowest BCUT2D eigenvalue weighted by molar-refractivity contribution is -0.117. The second-order valence-corrected chi connectivity index (χ2v) is 8.98. The summed E-state index contributed by atoms with van der Waals surface area (Å²) >= 11 is 1.74. The van der Waals surface area contributed by atoms with Crippen molar-refractivity contribution in [2.45, 2.75) is 46.5 Å². The lowest BCUT2D eigenvalue weighted by Gasteiger charge is -2.43. The predicted octanol–water partition coefficient (Wildman–Crippen LogP) is 4.89. The SMILES string of the molecule is CC#Cc1cc(C)c(C2=C(OC(=O)OC)CC3(CCN(SC)CC3)CC2=O)c(C)c1. The van der Waals surface area contributed by atoms with Gasteiger partial charge in [-0.1, -0.05) is 17.9 Å². The smallest absolute Gasteiger partial charge is 0.437 e. The highest BCUT2D eigenvalue weighted by molar-refractivity contribution is 7.96. The van der Waals surface area contributed by atoms with E-state index in [1.807, 2.05) is 26.0 Å². The number of hydrogen-bond acceptors (Lipinski definition) is 6. The van der Waals surface area contributed by atoms with Crippen LogP contribution in [-0.2, 0) is 14.3 Å². The maximum Gasteiger partial charge on any atom is 0.513 e. The van der Waals surface area contributed by atoms with Crippen LogP contribution in [0, 0.1) is 31.1 Å². The minimum Gasteiger partial charge on any atom is -0.437 e. The zero-order valence-corrected chi connectivity index (χ0v) is 19.2. The number of allylic oxidation sites excluding steroid dienone is 2. The highest BCUT2D eigenvalue weighted by Crippen LogP contribution is 2.49. The van der Waals surface area contributed by atoms with E-state index in [1.165, 1.54) is 7.11 Å². The molecule has 1 aromatic carbocycles. The van der Waals surface area contributed by atoms with Crippen molar-refractivity contribution < 1.29 is 19.1 Å². The third kappa shape index (κ3) is 4.58. The van der Waals surface area contributed by atoms with E-state index >= 15 is 0 Å². The van der Waals surface area contributed by atoms with Crippen LogP contribution in [0.2, 0.25) is 0 Å². The van der Waals surface area contributed by atoms with E-state index in [4.69, 9.17) is 9.47 Å². The van der Waals surface area contributed by atoms with Gasteiger partial charge >= 0.3 is 6.16 Å². The summed E-state index contributed by atoms with van der Waals surface area (Å²) in [7, 11) is 1.29. The summed E-state index contributed by atoms with van der Waals surface area (Å²) in [5.41, 5.74) is 4.02. The predicted molar refractivity (Wildman–Crippen MR) is 120 cm³/mol. The van der Waals surface area contributed by atoms with Gasteiger partial charge in [-0.15, -0.1) is 5.92 Å². The van der Waals surface area contributed by atoms with Crippen LogP contribution in [0.25, 0.3) is 5.57 Å². The minimum atomic E-state index is -0.780. The fourth-order valence-corrected chi connectivity index (χ4v) is 5.20. The van der Waals surface area contributed by atoms with Crippen LogP contribution in [0.3, 0.4) is 0 Å². The molecule has 1 spiro atoms. The van der Waals surface area contributed by atoms with Crippen LogP contribution in [0.5, 0.6) is 0 Å². The van der Waals surface area contributed by atoms with Crippen molar-refractivity contribution in [3.8, 4) is 11.8 Å². The molecule has 0 bridgehead atoms. The van der Waals surface area contributed by atoms with E-state index in [2.05, 4.69) is 22.4 Å². The quantitative estimate of drug-likeness (QED) is 0.389.